The number of aliphatic carboxylic acids is 1. The van der Waals surface area contributed by atoms with Crippen molar-refractivity contribution in [3.05, 3.63) is 69.0 Å². The number of aromatic amines is 1. The number of rotatable bonds is 8. The van der Waals surface area contributed by atoms with Crippen LogP contribution >= 0.6 is 0 Å². The summed E-state index contributed by atoms with van der Waals surface area (Å²) in [5.41, 5.74) is -0.933. The van der Waals surface area contributed by atoms with E-state index in [4.69, 9.17) is 10.6 Å². The van der Waals surface area contributed by atoms with Crippen LogP contribution in [0.5, 0.6) is 0 Å². The molecule has 0 saturated carbocycles. The number of nitrogens with two attached hydrogens (primary N) is 1. The second kappa shape index (κ2) is 9.84. The first-order chi connectivity index (χ1) is 15.2. The standard InChI is InChI=1S/C19H22N4O9/c20-32-10(8-9-4-2-1-3-5-9)16(27)22-12(18(28)29)15-13(25)14(26)17(31-15)23-7-6-11(24)21-19(23)30/h1-7,10,12-15,17,25-26H,8,20H2,(H,22,27)(H,28,29)(H,21,24,30)/t10?,12?,13-,14+,15+,17+/m0/s1. The zero-order valence-electron chi connectivity index (χ0n) is 16.5. The molecule has 1 aromatic heterocycles. The van der Waals surface area contributed by atoms with Crippen LogP contribution in [0.2, 0.25) is 0 Å². The number of benzene rings is 1. The van der Waals surface area contributed by atoms with E-state index in [1.807, 2.05) is 4.98 Å². The van der Waals surface area contributed by atoms with Gasteiger partial charge in [-0.2, -0.15) is 0 Å². The monoisotopic (exact) mass is 450 g/mol. The molecule has 0 aliphatic carbocycles. The van der Waals surface area contributed by atoms with Gasteiger partial charge in [0, 0.05) is 18.7 Å². The van der Waals surface area contributed by atoms with Crippen LogP contribution in [0.25, 0.3) is 0 Å². The van der Waals surface area contributed by atoms with Crippen LogP contribution in [-0.2, 0) is 25.6 Å². The smallest absolute Gasteiger partial charge is 0.330 e. The minimum absolute atomic E-state index is 0.0433. The minimum atomic E-state index is -1.82. The van der Waals surface area contributed by atoms with Gasteiger partial charge in [0.05, 0.1) is 0 Å². The van der Waals surface area contributed by atoms with E-state index in [1.54, 1.807) is 30.3 Å². The number of amides is 1. The Balaban J connectivity index is 1.78. The molecule has 0 bridgehead atoms. The van der Waals surface area contributed by atoms with Crippen molar-refractivity contribution in [2.24, 2.45) is 5.90 Å². The molecule has 1 aromatic carbocycles. The summed E-state index contributed by atoms with van der Waals surface area (Å²) in [5, 5.41) is 32.5. The van der Waals surface area contributed by atoms with Gasteiger partial charge in [0.1, 0.15) is 18.3 Å². The third-order valence-corrected chi connectivity index (χ3v) is 5.01. The molecule has 0 radical (unpaired) electrons. The zero-order valence-corrected chi connectivity index (χ0v) is 16.5. The van der Waals surface area contributed by atoms with Gasteiger partial charge in [-0.25, -0.2) is 15.5 Å². The quantitative estimate of drug-likeness (QED) is 0.228. The number of hydrogen-bond acceptors (Lipinski definition) is 9. The van der Waals surface area contributed by atoms with Crippen LogP contribution in [0, 0.1) is 0 Å². The average Bonchev–Trinajstić information content (AvgIpc) is 3.05. The number of carbonyl (C=O) groups is 2. The van der Waals surface area contributed by atoms with Crippen LogP contribution in [0.4, 0.5) is 0 Å². The first-order valence-corrected chi connectivity index (χ1v) is 9.48. The van der Waals surface area contributed by atoms with Crippen molar-refractivity contribution in [2.75, 3.05) is 0 Å². The number of aromatic nitrogens is 2. The van der Waals surface area contributed by atoms with Gasteiger partial charge in [0.2, 0.25) is 0 Å². The van der Waals surface area contributed by atoms with E-state index in [0.29, 0.717) is 5.56 Å². The molecule has 3 rings (SSSR count). The van der Waals surface area contributed by atoms with E-state index in [1.165, 1.54) is 0 Å². The summed E-state index contributed by atoms with van der Waals surface area (Å²) >= 11 is 0. The Bertz CT molecular complexity index is 1070. The normalized spacial score (nSPS) is 24.6. The third kappa shape index (κ3) is 4.92. The molecule has 1 aliphatic heterocycles. The van der Waals surface area contributed by atoms with Gasteiger partial charge < -0.3 is 25.4 Å². The molecule has 7 N–H and O–H groups in total. The number of hydrogen-bond donors (Lipinski definition) is 6. The van der Waals surface area contributed by atoms with Crippen molar-refractivity contribution in [3.8, 4) is 0 Å². The van der Waals surface area contributed by atoms with Crippen LogP contribution in [0.3, 0.4) is 0 Å². The van der Waals surface area contributed by atoms with Crippen LogP contribution in [0.15, 0.2) is 52.2 Å². The number of carboxylic acid groups (broad SMARTS) is 1. The van der Waals surface area contributed by atoms with Gasteiger partial charge in [-0.15, -0.1) is 0 Å². The van der Waals surface area contributed by atoms with E-state index < -0.39 is 59.8 Å². The van der Waals surface area contributed by atoms with Gasteiger partial charge in [-0.05, 0) is 5.56 Å². The Hall–Kier alpha value is -3.36. The highest BCUT2D eigenvalue weighted by Crippen LogP contribution is 2.30. The maximum atomic E-state index is 12.6. The first kappa shape index (κ1) is 23.3. The number of nitrogens with one attached hydrogen (secondary N) is 2. The largest absolute Gasteiger partial charge is 0.480 e. The number of carbonyl (C=O) groups excluding carboxylic acids is 1. The van der Waals surface area contributed by atoms with Crippen molar-refractivity contribution in [1.29, 1.82) is 0 Å². The van der Waals surface area contributed by atoms with E-state index in [0.717, 1.165) is 16.8 Å². The summed E-state index contributed by atoms with van der Waals surface area (Å²) in [5.74, 6) is 2.75. The lowest BCUT2D eigenvalue weighted by Gasteiger charge is -2.25. The lowest BCUT2D eigenvalue weighted by Crippen LogP contribution is -2.56. The van der Waals surface area contributed by atoms with Crippen LogP contribution < -0.4 is 22.5 Å². The maximum Gasteiger partial charge on any atom is 0.330 e. The molecule has 1 saturated heterocycles. The Kier molecular flexibility index (Phi) is 7.17. The Morgan fingerprint density at radius 1 is 1.19 bits per heavy atom. The fraction of sp³-hybridized carbons (Fsp3) is 0.368. The van der Waals surface area contributed by atoms with Crippen LogP contribution in [-0.4, -0.2) is 67.2 Å². The second-order valence-corrected chi connectivity index (χ2v) is 7.13. The maximum absolute atomic E-state index is 12.6. The molecule has 13 nitrogen and oxygen atoms in total. The Morgan fingerprint density at radius 3 is 2.47 bits per heavy atom. The predicted octanol–water partition coefficient (Wildman–Crippen LogP) is -2.77. The van der Waals surface area contributed by atoms with E-state index in [2.05, 4.69) is 10.2 Å². The fourth-order valence-electron chi connectivity index (χ4n) is 3.38. The summed E-state index contributed by atoms with van der Waals surface area (Å²) in [6.45, 7) is 0. The lowest BCUT2D eigenvalue weighted by molar-refractivity contribution is -0.151. The highest BCUT2D eigenvalue weighted by molar-refractivity contribution is 5.87. The second-order valence-electron chi connectivity index (χ2n) is 7.13. The SMILES string of the molecule is NOC(Cc1ccccc1)C(=O)NC(C(=O)O)[C@H]1O[C@@H](n2ccc(=O)[nH]c2=O)[C@H](O)[C@@H]1O. The molecule has 32 heavy (non-hydrogen) atoms. The molecule has 2 heterocycles. The molecule has 1 aliphatic rings. The highest BCUT2D eigenvalue weighted by Gasteiger charge is 2.50. The first-order valence-electron chi connectivity index (χ1n) is 9.48. The Morgan fingerprint density at radius 2 is 1.88 bits per heavy atom. The third-order valence-electron chi connectivity index (χ3n) is 5.01. The number of nitrogens with zero attached hydrogens (tertiary/aromatic N) is 1. The fourth-order valence-corrected chi connectivity index (χ4v) is 3.38. The van der Waals surface area contributed by atoms with Gasteiger partial charge in [-0.3, -0.25) is 24.0 Å². The van der Waals surface area contributed by atoms with Crippen molar-refractivity contribution in [1.82, 2.24) is 14.9 Å². The van der Waals surface area contributed by atoms with Gasteiger partial charge in [0.15, 0.2) is 18.4 Å². The lowest BCUT2D eigenvalue weighted by atomic mass is 10.0. The van der Waals surface area contributed by atoms with E-state index in [9.17, 15) is 34.5 Å². The van der Waals surface area contributed by atoms with Crippen molar-refractivity contribution >= 4 is 11.9 Å². The summed E-state index contributed by atoms with van der Waals surface area (Å²) in [6.07, 6.45) is -6.84. The van der Waals surface area contributed by atoms with Crippen LogP contribution in [0.1, 0.15) is 11.8 Å². The molecule has 13 heteroatoms. The zero-order chi connectivity index (χ0) is 23.4. The highest BCUT2D eigenvalue weighted by atomic mass is 16.6. The van der Waals surface area contributed by atoms with Crippen molar-refractivity contribution < 1.29 is 34.5 Å². The molecule has 1 fully saturated rings. The summed E-state index contributed by atoms with van der Waals surface area (Å²) in [6, 6.07) is 7.87. The number of H-pyrrole nitrogens is 1. The molecule has 2 unspecified atom stereocenters. The summed E-state index contributed by atoms with van der Waals surface area (Å²) in [4.78, 5) is 54.3. The van der Waals surface area contributed by atoms with E-state index in [-0.39, 0.29) is 6.42 Å². The minimum Gasteiger partial charge on any atom is -0.480 e. The van der Waals surface area contributed by atoms with Gasteiger partial charge in [-0.1, -0.05) is 30.3 Å². The molecular weight excluding hydrogens is 428 g/mol. The number of aliphatic hydroxyl groups is 2. The molecule has 2 aromatic rings. The molecule has 1 amide bonds. The van der Waals surface area contributed by atoms with Crippen molar-refractivity contribution in [3.63, 3.8) is 0 Å². The molecule has 6 atom stereocenters. The molecule has 0 spiro atoms. The molecular formula is C19H22N4O9. The number of carboxylic acids is 1. The summed E-state index contributed by atoms with van der Waals surface area (Å²) in [7, 11) is 0. The molecule has 172 valence electrons. The average molecular weight is 450 g/mol. The van der Waals surface area contributed by atoms with Crippen molar-refractivity contribution in [2.45, 2.75) is 43.1 Å². The topological polar surface area (TPSA) is 206 Å². The summed E-state index contributed by atoms with van der Waals surface area (Å²) < 4.78 is 6.21. The van der Waals surface area contributed by atoms with E-state index >= 15 is 0 Å². The van der Waals surface area contributed by atoms with Gasteiger partial charge >= 0.3 is 11.7 Å². The number of ether oxygens (including phenoxy) is 1. The number of aliphatic hydroxyl groups excluding tert-OH is 2. The predicted molar refractivity (Wildman–Crippen MR) is 106 cm³/mol. The van der Waals surface area contributed by atoms with Gasteiger partial charge in [0.25, 0.3) is 11.5 Å². The Labute approximate surface area is 180 Å².